The van der Waals surface area contributed by atoms with Crippen LogP contribution in [0.15, 0.2) is 36.4 Å². The molecule has 32 heavy (non-hydrogen) atoms. The molecule has 0 bridgehead atoms. The first kappa shape index (κ1) is 21.2. The molecule has 164 valence electrons. The molecule has 0 fully saturated rings. The van der Waals surface area contributed by atoms with Gasteiger partial charge in [0.25, 0.3) is 12.6 Å². The van der Waals surface area contributed by atoms with Crippen molar-refractivity contribution in [2.45, 2.75) is 39.3 Å². The lowest BCUT2D eigenvalue weighted by Crippen LogP contribution is -2.11. The molecule has 9 nitrogen and oxygen atoms in total. The minimum absolute atomic E-state index is 0.0989. The molecule has 2 aliphatic heterocycles. The van der Waals surface area contributed by atoms with Crippen molar-refractivity contribution >= 4 is 29.7 Å². The first-order valence-corrected chi connectivity index (χ1v) is 9.95. The van der Waals surface area contributed by atoms with E-state index in [2.05, 4.69) is 0 Å². The molecule has 2 aromatic rings. The van der Waals surface area contributed by atoms with Crippen molar-refractivity contribution in [2.24, 2.45) is 0 Å². The SMILES string of the molecule is CCC(=O)OC1OC(=O)c2ccc(C(=O)c3ccc4c(c3)C(OC(=O)CC)OC4=O)cc21. The Morgan fingerprint density at radius 3 is 1.53 bits per heavy atom. The average molecular weight is 438 g/mol. The molecule has 0 aromatic heterocycles. The second kappa shape index (κ2) is 8.26. The summed E-state index contributed by atoms with van der Waals surface area (Å²) in [6.07, 6.45) is -2.24. The third-order valence-electron chi connectivity index (χ3n) is 5.06. The maximum Gasteiger partial charge on any atom is 0.342 e. The first-order valence-electron chi connectivity index (χ1n) is 9.95. The summed E-state index contributed by atoms with van der Waals surface area (Å²) in [5.74, 6) is -2.83. The summed E-state index contributed by atoms with van der Waals surface area (Å²) in [5, 5.41) is 0. The van der Waals surface area contributed by atoms with Gasteiger partial charge in [-0.25, -0.2) is 9.59 Å². The molecule has 4 rings (SSSR count). The summed E-state index contributed by atoms with van der Waals surface area (Å²) in [6, 6.07) is 8.62. The number of hydrogen-bond acceptors (Lipinski definition) is 9. The zero-order valence-corrected chi connectivity index (χ0v) is 17.2. The lowest BCUT2D eigenvalue weighted by molar-refractivity contribution is -0.168. The number of ketones is 1. The summed E-state index contributed by atoms with van der Waals surface area (Å²) < 4.78 is 20.4. The fraction of sp³-hybridized carbons (Fsp3) is 0.261. The Balaban J connectivity index is 1.65. The predicted molar refractivity (Wildman–Crippen MR) is 105 cm³/mol. The predicted octanol–water partition coefficient (Wildman–Crippen LogP) is 3.16. The minimum atomic E-state index is -1.22. The highest BCUT2D eigenvalue weighted by atomic mass is 16.7. The van der Waals surface area contributed by atoms with E-state index in [1.165, 1.54) is 36.4 Å². The second-order valence-electron chi connectivity index (χ2n) is 7.09. The largest absolute Gasteiger partial charge is 0.421 e. The molecule has 2 aromatic carbocycles. The molecule has 0 saturated carbocycles. The number of esters is 4. The van der Waals surface area contributed by atoms with Gasteiger partial charge in [0.2, 0.25) is 0 Å². The smallest absolute Gasteiger partial charge is 0.342 e. The van der Waals surface area contributed by atoms with Crippen LogP contribution in [0.5, 0.6) is 0 Å². The number of hydrogen-bond donors (Lipinski definition) is 0. The second-order valence-corrected chi connectivity index (χ2v) is 7.09. The molecule has 0 spiro atoms. The Hall–Kier alpha value is -4.01. The van der Waals surface area contributed by atoms with Crippen molar-refractivity contribution in [1.82, 2.24) is 0 Å². The van der Waals surface area contributed by atoms with Crippen LogP contribution in [-0.4, -0.2) is 29.7 Å². The molecule has 2 unspecified atom stereocenters. The molecule has 9 heteroatoms. The van der Waals surface area contributed by atoms with E-state index in [9.17, 15) is 24.0 Å². The van der Waals surface area contributed by atoms with Gasteiger partial charge in [0.15, 0.2) is 5.78 Å². The molecule has 2 heterocycles. The van der Waals surface area contributed by atoms with Crippen LogP contribution in [-0.2, 0) is 28.5 Å². The van der Waals surface area contributed by atoms with Crippen LogP contribution in [0.3, 0.4) is 0 Å². The molecular formula is C23H18O9. The van der Waals surface area contributed by atoms with Crippen LogP contribution in [0.25, 0.3) is 0 Å². The van der Waals surface area contributed by atoms with Crippen LogP contribution in [0.1, 0.15) is 87.0 Å². The maximum absolute atomic E-state index is 13.1. The zero-order valence-electron chi connectivity index (χ0n) is 17.2. The number of cyclic esters (lactones) is 2. The Kier molecular flexibility index (Phi) is 5.48. The minimum Gasteiger partial charge on any atom is -0.421 e. The standard InChI is InChI=1S/C23H18O9/c1-3-17(24)29-22-15-9-11(5-7-13(15)20(27)31-22)19(26)12-6-8-14-16(10-12)23(32-21(14)28)30-18(25)4-2/h5-10,22-23H,3-4H2,1-2H3. The fourth-order valence-electron chi connectivity index (χ4n) is 3.37. The summed E-state index contributed by atoms with van der Waals surface area (Å²) in [5.41, 5.74) is 1.39. The van der Waals surface area contributed by atoms with Gasteiger partial charge in [-0.15, -0.1) is 0 Å². The maximum atomic E-state index is 13.1. The van der Waals surface area contributed by atoms with E-state index in [0.717, 1.165) is 0 Å². The lowest BCUT2D eigenvalue weighted by Gasteiger charge is -2.13. The number of ether oxygens (including phenoxy) is 4. The Labute approximate surface area is 182 Å². The number of benzene rings is 2. The van der Waals surface area contributed by atoms with Crippen LogP contribution < -0.4 is 0 Å². The zero-order chi connectivity index (χ0) is 23.0. The highest BCUT2D eigenvalue weighted by Crippen LogP contribution is 2.35. The Morgan fingerprint density at radius 2 is 1.16 bits per heavy atom. The molecule has 0 saturated heterocycles. The van der Waals surface area contributed by atoms with Gasteiger partial charge in [0.1, 0.15) is 0 Å². The first-order chi connectivity index (χ1) is 15.3. The normalized spacial score (nSPS) is 18.3. The van der Waals surface area contributed by atoms with Crippen molar-refractivity contribution < 1.29 is 42.9 Å². The van der Waals surface area contributed by atoms with Gasteiger partial charge in [-0.3, -0.25) is 14.4 Å². The molecular weight excluding hydrogens is 420 g/mol. The van der Waals surface area contributed by atoms with E-state index in [0.29, 0.717) is 0 Å². The van der Waals surface area contributed by atoms with E-state index in [4.69, 9.17) is 18.9 Å². The van der Waals surface area contributed by atoms with E-state index >= 15 is 0 Å². The fourth-order valence-corrected chi connectivity index (χ4v) is 3.37. The van der Waals surface area contributed by atoms with Crippen molar-refractivity contribution in [3.8, 4) is 0 Å². The topological polar surface area (TPSA) is 122 Å². The highest BCUT2D eigenvalue weighted by molar-refractivity contribution is 6.10. The summed E-state index contributed by atoms with van der Waals surface area (Å²) in [4.78, 5) is 60.4. The van der Waals surface area contributed by atoms with Crippen molar-refractivity contribution in [3.05, 3.63) is 69.8 Å². The molecule has 0 N–H and O–H groups in total. The quantitative estimate of drug-likeness (QED) is 0.494. The summed E-state index contributed by atoms with van der Waals surface area (Å²) >= 11 is 0. The van der Waals surface area contributed by atoms with Crippen molar-refractivity contribution in [3.63, 3.8) is 0 Å². The van der Waals surface area contributed by atoms with Gasteiger partial charge in [0.05, 0.1) is 11.1 Å². The third-order valence-corrected chi connectivity index (χ3v) is 5.06. The number of carbonyl (C=O) groups excluding carboxylic acids is 5. The van der Waals surface area contributed by atoms with E-state index in [1.807, 2.05) is 0 Å². The Bertz CT molecular complexity index is 1070. The highest BCUT2D eigenvalue weighted by Gasteiger charge is 2.36. The molecule has 0 amide bonds. The van der Waals surface area contributed by atoms with Gasteiger partial charge in [-0.05, 0) is 24.3 Å². The van der Waals surface area contributed by atoms with E-state index in [-0.39, 0.29) is 46.2 Å². The van der Waals surface area contributed by atoms with Crippen molar-refractivity contribution in [2.75, 3.05) is 0 Å². The Morgan fingerprint density at radius 1 is 0.750 bits per heavy atom. The van der Waals surface area contributed by atoms with Crippen LogP contribution in [0.4, 0.5) is 0 Å². The number of carbonyl (C=O) groups is 5. The van der Waals surface area contributed by atoms with Gasteiger partial charge in [-0.2, -0.15) is 0 Å². The monoisotopic (exact) mass is 438 g/mol. The summed E-state index contributed by atoms with van der Waals surface area (Å²) in [7, 11) is 0. The lowest BCUT2D eigenvalue weighted by atomic mass is 9.96. The third kappa shape index (κ3) is 3.73. The number of fused-ring (bicyclic) bond motifs is 2. The van der Waals surface area contributed by atoms with Crippen molar-refractivity contribution in [1.29, 1.82) is 0 Å². The van der Waals surface area contributed by atoms with Gasteiger partial charge < -0.3 is 18.9 Å². The van der Waals surface area contributed by atoms with Gasteiger partial charge in [-0.1, -0.05) is 26.0 Å². The van der Waals surface area contributed by atoms with Gasteiger partial charge >= 0.3 is 23.9 Å². The van der Waals surface area contributed by atoms with Crippen LogP contribution in [0, 0.1) is 0 Å². The molecule has 0 aliphatic carbocycles. The van der Waals surface area contributed by atoms with E-state index < -0.39 is 42.2 Å². The average Bonchev–Trinajstić information content (AvgIpc) is 3.28. The van der Waals surface area contributed by atoms with Crippen LogP contribution in [0.2, 0.25) is 0 Å². The molecule has 2 aliphatic rings. The van der Waals surface area contributed by atoms with Crippen LogP contribution >= 0.6 is 0 Å². The number of rotatable bonds is 6. The molecule has 2 atom stereocenters. The molecule has 0 radical (unpaired) electrons. The van der Waals surface area contributed by atoms with Gasteiger partial charge in [0, 0.05) is 35.1 Å². The summed E-state index contributed by atoms with van der Waals surface area (Å²) in [6.45, 7) is 3.21. The van der Waals surface area contributed by atoms with E-state index in [1.54, 1.807) is 13.8 Å².